The molecule has 0 aliphatic heterocycles. The lowest BCUT2D eigenvalue weighted by Gasteiger charge is -2.00. The van der Waals surface area contributed by atoms with Crippen molar-refractivity contribution in [1.29, 1.82) is 0 Å². The van der Waals surface area contributed by atoms with Gasteiger partial charge in [-0.2, -0.15) is 0 Å². The Hall–Kier alpha value is -0.990. The first kappa shape index (κ1) is 12.5. The third-order valence-corrected chi connectivity index (χ3v) is 3.21. The summed E-state index contributed by atoms with van der Waals surface area (Å²) in [6.45, 7) is 1.97. The maximum absolute atomic E-state index is 5.98. The van der Waals surface area contributed by atoms with Crippen LogP contribution in [0.5, 0.6) is 0 Å². The van der Waals surface area contributed by atoms with Crippen LogP contribution in [-0.4, -0.2) is 10.9 Å². The van der Waals surface area contributed by atoms with Crippen molar-refractivity contribution in [2.24, 2.45) is 0 Å². The number of halogens is 2. The summed E-state index contributed by atoms with van der Waals surface area (Å²) in [5.41, 5.74) is 2.03. The van der Waals surface area contributed by atoms with Gasteiger partial charge in [0.2, 0.25) is 0 Å². The van der Waals surface area contributed by atoms with Crippen LogP contribution >= 0.6 is 23.2 Å². The van der Waals surface area contributed by atoms with Crippen LogP contribution in [0.15, 0.2) is 28.8 Å². The molecule has 90 valence electrons. The van der Waals surface area contributed by atoms with Crippen molar-refractivity contribution in [3.8, 4) is 11.3 Å². The van der Waals surface area contributed by atoms with Gasteiger partial charge in [0.1, 0.15) is 0 Å². The van der Waals surface area contributed by atoms with Gasteiger partial charge in [0.25, 0.3) is 0 Å². The molecule has 2 aromatic rings. The number of nitrogens with zero attached hydrogens (tertiary/aromatic N) is 1. The Balaban J connectivity index is 2.21. The third kappa shape index (κ3) is 3.02. The van der Waals surface area contributed by atoms with Crippen LogP contribution < -0.4 is 0 Å². The average Bonchev–Trinajstić information content (AvgIpc) is 2.79. The minimum atomic E-state index is 0.623. The van der Waals surface area contributed by atoms with Crippen LogP contribution in [0.1, 0.15) is 17.9 Å². The molecule has 0 atom stereocenters. The first-order valence-electron chi connectivity index (χ1n) is 5.48. The van der Waals surface area contributed by atoms with Crippen molar-refractivity contribution < 1.29 is 4.42 Å². The van der Waals surface area contributed by atoms with E-state index < -0.39 is 0 Å². The first-order chi connectivity index (χ1) is 8.20. The number of alkyl halides is 1. The summed E-state index contributed by atoms with van der Waals surface area (Å²) < 4.78 is 5.65. The highest BCUT2D eigenvalue weighted by Gasteiger charge is 2.07. The normalized spacial score (nSPS) is 10.8. The smallest absolute Gasteiger partial charge is 0.194 e. The lowest BCUT2D eigenvalue weighted by atomic mass is 10.1. The first-order valence-corrected chi connectivity index (χ1v) is 6.39. The molecule has 0 bridgehead atoms. The molecule has 0 fully saturated rings. The number of benzene rings is 1. The van der Waals surface area contributed by atoms with Crippen LogP contribution in [-0.2, 0) is 6.42 Å². The molecule has 0 radical (unpaired) electrons. The van der Waals surface area contributed by atoms with E-state index in [2.05, 4.69) is 4.98 Å². The maximum Gasteiger partial charge on any atom is 0.194 e. The lowest BCUT2D eigenvalue weighted by molar-refractivity contribution is 0.503. The van der Waals surface area contributed by atoms with Crippen LogP contribution in [0.25, 0.3) is 11.3 Å². The van der Waals surface area contributed by atoms with Crippen LogP contribution in [0.3, 0.4) is 0 Å². The molecule has 0 unspecified atom stereocenters. The van der Waals surface area contributed by atoms with E-state index in [0.717, 1.165) is 40.6 Å². The van der Waals surface area contributed by atoms with Crippen LogP contribution in [0, 0.1) is 6.92 Å². The predicted octanol–water partition coefficient (Wildman–Crippen LogP) is 4.47. The highest BCUT2D eigenvalue weighted by Crippen LogP contribution is 2.25. The molecular formula is C13H13Cl2NO. The molecule has 17 heavy (non-hydrogen) atoms. The molecule has 2 rings (SSSR count). The average molecular weight is 270 g/mol. The molecule has 0 spiro atoms. The summed E-state index contributed by atoms with van der Waals surface area (Å²) in [7, 11) is 0. The Morgan fingerprint density at radius 2 is 2.18 bits per heavy atom. The van der Waals surface area contributed by atoms with E-state index in [1.165, 1.54) is 0 Å². The summed E-state index contributed by atoms with van der Waals surface area (Å²) in [6.07, 6.45) is 3.39. The Bertz CT molecular complexity index is 508. The monoisotopic (exact) mass is 269 g/mol. The molecule has 0 aliphatic carbocycles. The van der Waals surface area contributed by atoms with Crippen LogP contribution in [0.4, 0.5) is 0 Å². The number of hydrogen-bond acceptors (Lipinski definition) is 2. The van der Waals surface area contributed by atoms with Gasteiger partial charge in [-0.25, -0.2) is 4.98 Å². The molecule has 1 aromatic carbocycles. The quantitative estimate of drug-likeness (QED) is 0.766. The van der Waals surface area contributed by atoms with E-state index in [1.54, 1.807) is 6.20 Å². The summed E-state index contributed by atoms with van der Waals surface area (Å²) in [4.78, 5) is 4.22. The fourth-order valence-corrected chi connectivity index (χ4v) is 1.83. The molecule has 0 saturated heterocycles. The molecule has 0 N–H and O–H groups in total. The fraction of sp³-hybridized carbons (Fsp3) is 0.308. The van der Waals surface area contributed by atoms with Crippen molar-refractivity contribution in [3.05, 3.63) is 40.9 Å². The number of hydrogen-bond donors (Lipinski definition) is 0. The van der Waals surface area contributed by atoms with Gasteiger partial charge in [-0.1, -0.05) is 11.6 Å². The third-order valence-electron chi connectivity index (χ3n) is 2.52. The van der Waals surface area contributed by atoms with Gasteiger partial charge < -0.3 is 4.42 Å². The Labute approximate surface area is 111 Å². The number of oxazole rings is 1. The summed E-state index contributed by atoms with van der Waals surface area (Å²) in [5.74, 6) is 2.13. The van der Waals surface area contributed by atoms with Gasteiger partial charge in [-0.05, 0) is 37.1 Å². The topological polar surface area (TPSA) is 26.0 Å². The molecule has 0 amide bonds. The van der Waals surface area contributed by atoms with Gasteiger partial charge in [0, 0.05) is 22.9 Å². The van der Waals surface area contributed by atoms with E-state index in [9.17, 15) is 0 Å². The highest BCUT2D eigenvalue weighted by atomic mass is 35.5. The van der Waals surface area contributed by atoms with Crippen LogP contribution in [0.2, 0.25) is 5.02 Å². The molecule has 4 heteroatoms. The van der Waals surface area contributed by atoms with E-state index in [0.29, 0.717) is 5.88 Å². The predicted molar refractivity (Wildman–Crippen MR) is 70.7 cm³/mol. The number of rotatable bonds is 4. The molecule has 0 aliphatic rings. The second-order valence-corrected chi connectivity index (χ2v) is 4.66. The van der Waals surface area contributed by atoms with Crippen molar-refractivity contribution in [2.75, 3.05) is 5.88 Å². The largest absolute Gasteiger partial charge is 0.441 e. The minimum absolute atomic E-state index is 0.623. The van der Waals surface area contributed by atoms with E-state index in [-0.39, 0.29) is 0 Å². The van der Waals surface area contributed by atoms with E-state index in [4.69, 9.17) is 27.6 Å². The number of aromatic nitrogens is 1. The summed E-state index contributed by atoms with van der Waals surface area (Å²) in [5, 5.41) is 0.760. The minimum Gasteiger partial charge on any atom is -0.441 e. The van der Waals surface area contributed by atoms with Crippen molar-refractivity contribution >= 4 is 23.2 Å². The Kier molecular flexibility index (Phi) is 4.08. The SMILES string of the molecule is Cc1cc(-c2cnc(CCCCl)o2)ccc1Cl. The zero-order valence-electron chi connectivity index (χ0n) is 9.54. The lowest BCUT2D eigenvalue weighted by Crippen LogP contribution is -1.84. The molecule has 2 nitrogen and oxygen atoms in total. The summed E-state index contributed by atoms with van der Waals surface area (Å²) in [6, 6.07) is 5.79. The maximum atomic E-state index is 5.98. The van der Waals surface area contributed by atoms with Crippen molar-refractivity contribution in [3.63, 3.8) is 0 Å². The van der Waals surface area contributed by atoms with Gasteiger partial charge in [-0.15, -0.1) is 11.6 Å². The second-order valence-electron chi connectivity index (χ2n) is 3.87. The molecule has 0 saturated carbocycles. The number of aryl methyl sites for hydroxylation is 2. The van der Waals surface area contributed by atoms with Gasteiger partial charge in [0.05, 0.1) is 6.20 Å². The van der Waals surface area contributed by atoms with Gasteiger partial charge in [-0.3, -0.25) is 0 Å². The Morgan fingerprint density at radius 1 is 1.35 bits per heavy atom. The second kappa shape index (κ2) is 5.56. The van der Waals surface area contributed by atoms with E-state index >= 15 is 0 Å². The fourth-order valence-electron chi connectivity index (χ4n) is 1.58. The Morgan fingerprint density at radius 3 is 2.88 bits per heavy atom. The highest BCUT2D eigenvalue weighted by molar-refractivity contribution is 6.31. The van der Waals surface area contributed by atoms with Gasteiger partial charge >= 0.3 is 0 Å². The standard InChI is InChI=1S/C13H13Cl2NO/c1-9-7-10(4-5-11(9)15)12-8-16-13(17-12)3-2-6-14/h4-5,7-8H,2-3,6H2,1H3. The van der Waals surface area contributed by atoms with E-state index in [1.807, 2.05) is 25.1 Å². The van der Waals surface area contributed by atoms with Crippen molar-refractivity contribution in [1.82, 2.24) is 4.98 Å². The molecular weight excluding hydrogens is 257 g/mol. The zero-order chi connectivity index (χ0) is 12.3. The molecule has 1 aromatic heterocycles. The molecule has 1 heterocycles. The van der Waals surface area contributed by atoms with Crippen molar-refractivity contribution in [2.45, 2.75) is 19.8 Å². The zero-order valence-corrected chi connectivity index (χ0v) is 11.1. The summed E-state index contributed by atoms with van der Waals surface area (Å²) >= 11 is 11.6. The van der Waals surface area contributed by atoms with Gasteiger partial charge in [0.15, 0.2) is 11.7 Å².